The predicted octanol–water partition coefficient (Wildman–Crippen LogP) is 1.18. The number of nitrogens with one attached hydrogen (secondary N) is 1. The zero-order valence-electron chi connectivity index (χ0n) is 13.2. The van der Waals surface area contributed by atoms with Crippen LogP contribution in [0, 0.1) is 5.41 Å². The average molecular weight is 295 g/mol. The molecule has 1 aromatic rings. The summed E-state index contributed by atoms with van der Waals surface area (Å²) >= 11 is 0. The summed E-state index contributed by atoms with van der Waals surface area (Å²) in [4.78, 5) is 23.5. The number of amides is 1. The van der Waals surface area contributed by atoms with E-state index in [1.807, 2.05) is 27.7 Å². The zero-order valence-corrected chi connectivity index (χ0v) is 13.2. The second kappa shape index (κ2) is 7.36. The standard InChI is InChI=1S/C15H25N3O3/c1-5-8-18-13(20)7-6-12(17-18)14(21)16-10-11(19)9-15(2,3)4/h6-7,11,19H,5,8-10H2,1-4H3,(H,16,21)/t11-/m1/s1. The van der Waals surface area contributed by atoms with Crippen LogP contribution in [0.15, 0.2) is 16.9 Å². The number of aromatic nitrogens is 2. The molecule has 0 radical (unpaired) electrons. The molecule has 0 unspecified atom stereocenters. The van der Waals surface area contributed by atoms with Gasteiger partial charge in [-0.25, -0.2) is 4.68 Å². The number of aliphatic hydroxyl groups is 1. The van der Waals surface area contributed by atoms with Crippen molar-refractivity contribution in [2.24, 2.45) is 5.41 Å². The molecule has 0 bridgehead atoms. The summed E-state index contributed by atoms with van der Waals surface area (Å²) in [5, 5.41) is 16.5. The first kappa shape index (κ1) is 17.4. The third kappa shape index (κ3) is 6.08. The van der Waals surface area contributed by atoms with E-state index in [-0.39, 0.29) is 29.1 Å². The Morgan fingerprint density at radius 2 is 2.10 bits per heavy atom. The van der Waals surface area contributed by atoms with Crippen molar-refractivity contribution >= 4 is 5.91 Å². The Labute approximate surface area is 125 Å². The fourth-order valence-electron chi connectivity index (χ4n) is 2.02. The SMILES string of the molecule is CCCn1nc(C(=O)NC[C@H](O)CC(C)(C)C)ccc1=O. The molecule has 6 heteroatoms. The van der Waals surface area contributed by atoms with Gasteiger partial charge in [-0.1, -0.05) is 27.7 Å². The fourth-order valence-corrected chi connectivity index (χ4v) is 2.02. The van der Waals surface area contributed by atoms with Gasteiger partial charge in [-0.05, 0) is 24.3 Å². The van der Waals surface area contributed by atoms with Gasteiger partial charge >= 0.3 is 0 Å². The maximum Gasteiger partial charge on any atom is 0.271 e. The highest BCUT2D eigenvalue weighted by Gasteiger charge is 2.18. The summed E-state index contributed by atoms with van der Waals surface area (Å²) in [6.45, 7) is 8.67. The number of carbonyl (C=O) groups excluding carboxylic acids is 1. The van der Waals surface area contributed by atoms with E-state index in [9.17, 15) is 14.7 Å². The van der Waals surface area contributed by atoms with Gasteiger partial charge in [-0.2, -0.15) is 5.10 Å². The molecule has 1 atom stereocenters. The minimum absolute atomic E-state index is 0.00323. The van der Waals surface area contributed by atoms with E-state index >= 15 is 0 Å². The predicted molar refractivity (Wildman–Crippen MR) is 81.2 cm³/mol. The molecular weight excluding hydrogens is 270 g/mol. The highest BCUT2D eigenvalue weighted by atomic mass is 16.3. The Kier molecular flexibility index (Phi) is 6.08. The lowest BCUT2D eigenvalue weighted by atomic mass is 9.89. The van der Waals surface area contributed by atoms with Crippen molar-refractivity contribution in [1.29, 1.82) is 0 Å². The van der Waals surface area contributed by atoms with Gasteiger partial charge in [0.15, 0.2) is 0 Å². The molecule has 1 heterocycles. The Hall–Kier alpha value is -1.69. The quantitative estimate of drug-likeness (QED) is 0.825. The van der Waals surface area contributed by atoms with Crippen LogP contribution in [0.3, 0.4) is 0 Å². The molecule has 0 aromatic carbocycles. The number of rotatable bonds is 6. The summed E-state index contributed by atoms with van der Waals surface area (Å²) in [7, 11) is 0. The van der Waals surface area contributed by atoms with Crippen LogP contribution in [-0.4, -0.2) is 33.4 Å². The largest absolute Gasteiger partial charge is 0.391 e. The van der Waals surface area contributed by atoms with E-state index < -0.39 is 6.10 Å². The van der Waals surface area contributed by atoms with Crippen molar-refractivity contribution in [1.82, 2.24) is 15.1 Å². The summed E-state index contributed by atoms with van der Waals surface area (Å²) < 4.78 is 1.28. The number of aliphatic hydroxyl groups excluding tert-OH is 1. The van der Waals surface area contributed by atoms with Crippen molar-refractivity contribution < 1.29 is 9.90 Å². The monoisotopic (exact) mass is 295 g/mol. The number of carbonyl (C=O) groups is 1. The number of aryl methyl sites for hydroxylation is 1. The molecule has 6 nitrogen and oxygen atoms in total. The van der Waals surface area contributed by atoms with Gasteiger partial charge in [-0.15, -0.1) is 0 Å². The Bertz CT molecular complexity index is 532. The molecule has 1 aromatic heterocycles. The number of nitrogens with zero attached hydrogens (tertiary/aromatic N) is 2. The van der Waals surface area contributed by atoms with Gasteiger partial charge in [0.05, 0.1) is 6.10 Å². The van der Waals surface area contributed by atoms with Crippen LogP contribution in [0.5, 0.6) is 0 Å². The van der Waals surface area contributed by atoms with Gasteiger partial charge in [0.25, 0.3) is 11.5 Å². The average Bonchev–Trinajstić information content (AvgIpc) is 2.37. The molecule has 118 valence electrons. The van der Waals surface area contributed by atoms with Crippen molar-refractivity contribution in [3.8, 4) is 0 Å². The lowest BCUT2D eigenvalue weighted by Gasteiger charge is -2.22. The molecule has 1 rings (SSSR count). The molecule has 0 aliphatic carbocycles. The van der Waals surface area contributed by atoms with Crippen LogP contribution >= 0.6 is 0 Å². The fraction of sp³-hybridized carbons (Fsp3) is 0.667. The van der Waals surface area contributed by atoms with Crippen molar-refractivity contribution in [2.45, 2.75) is 53.2 Å². The number of hydrogen-bond donors (Lipinski definition) is 2. The van der Waals surface area contributed by atoms with Gasteiger partial charge in [0.1, 0.15) is 5.69 Å². The molecule has 0 aliphatic heterocycles. The topological polar surface area (TPSA) is 84.2 Å². The Morgan fingerprint density at radius 3 is 2.67 bits per heavy atom. The maximum absolute atomic E-state index is 12.0. The van der Waals surface area contributed by atoms with Crippen molar-refractivity contribution in [3.63, 3.8) is 0 Å². The molecule has 0 fully saturated rings. The molecule has 0 saturated carbocycles. The zero-order chi connectivity index (χ0) is 16.0. The molecular formula is C15H25N3O3. The lowest BCUT2D eigenvalue weighted by molar-refractivity contribution is 0.0862. The van der Waals surface area contributed by atoms with Gasteiger partial charge < -0.3 is 10.4 Å². The normalized spacial score (nSPS) is 13.0. The molecule has 0 spiro atoms. The van der Waals surface area contributed by atoms with E-state index in [0.717, 1.165) is 6.42 Å². The van der Waals surface area contributed by atoms with Crippen LogP contribution in [0.4, 0.5) is 0 Å². The first-order chi connectivity index (χ1) is 9.73. The Balaban J connectivity index is 2.64. The minimum Gasteiger partial charge on any atom is -0.391 e. The third-order valence-corrected chi connectivity index (χ3v) is 2.88. The summed E-state index contributed by atoms with van der Waals surface area (Å²) in [6, 6.07) is 2.74. The maximum atomic E-state index is 12.0. The first-order valence-corrected chi connectivity index (χ1v) is 7.27. The highest BCUT2D eigenvalue weighted by molar-refractivity contribution is 5.91. The van der Waals surface area contributed by atoms with Gasteiger partial charge in [0, 0.05) is 19.2 Å². The highest BCUT2D eigenvalue weighted by Crippen LogP contribution is 2.20. The Morgan fingerprint density at radius 1 is 1.43 bits per heavy atom. The van der Waals surface area contributed by atoms with Crippen LogP contribution in [0.25, 0.3) is 0 Å². The first-order valence-electron chi connectivity index (χ1n) is 7.27. The third-order valence-electron chi connectivity index (χ3n) is 2.88. The van der Waals surface area contributed by atoms with Crippen LogP contribution < -0.4 is 10.9 Å². The van der Waals surface area contributed by atoms with Crippen LogP contribution in [0.1, 0.15) is 51.0 Å². The van der Waals surface area contributed by atoms with Gasteiger partial charge in [0.2, 0.25) is 0 Å². The second-order valence-corrected chi connectivity index (χ2v) is 6.41. The van der Waals surface area contributed by atoms with E-state index in [0.29, 0.717) is 13.0 Å². The summed E-state index contributed by atoms with van der Waals surface area (Å²) in [6.07, 6.45) is 0.758. The van der Waals surface area contributed by atoms with E-state index in [1.165, 1.54) is 16.8 Å². The van der Waals surface area contributed by atoms with Gasteiger partial charge in [-0.3, -0.25) is 9.59 Å². The van der Waals surface area contributed by atoms with E-state index in [4.69, 9.17) is 0 Å². The van der Waals surface area contributed by atoms with E-state index in [2.05, 4.69) is 10.4 Å². The summed E-state index contributed by atoms with van der Waals surface area (Å²) in [5.74, 6) is -0.382. The minimum atomic E-state index is -0.601. The molecule has 21 heavy (non-hydrogen) atoms. The second-order valence-electron chi connectivity index (χ2n) is 6.41. The smallest absolute Gasteiger partial charge is 0.271 e. The van der Waals surface area contributed by atoms with Crippen LogP contribution in [-0.2, 0) is 6.54 Å². The lowest BCUT2D eigenvalue weighted by Crippen LogP contribution is -2.35. The molecule has 1 amide bonds. The van der Waals surface area contributed by atoms with E-state index in [1.54, 1.807) is 0 Å². The molecule has 2 N–H and O–H groups in total. The molecule has 0 saturated heterocycles. The van der Waals surface area contributed by atoms with Crippen molar-refractivity contribution in [2.75, 3.05) is 6.54 Å². The molecule has 0 aliphatic rings. The van der Waals surface area contributed by atoms with Crippen molar-refractivity contribution in [3.05, 3.63) is 28.2 Å². The number of hydrogen-bond acceptors (Lipinski definition) is 4. The van der Waals surface area contributed by atoms with Crippen LogP contribution in [0.2, 0.25) is 0 Å². The summed E-state index contributed by atoms with van der Waals surface area (Å²) in [5.41, 5.74) is -0.0382.